The summed E-state index contributed by atoms with van der Waals surface area (Å²) in [6.07, 6.45) is 1.71. The van der Waals surface area contributed by atoms with Crippen molar-refractivity contribution in [3.8, 4) is 0 Å². The first kappa shape index (κ1) is 17.7. The number of amides is 2. The van der Waals surface area contributed by atoms with Crippen LogP contribution in [0.3, 0.4) is 0 Å². The van der Waals surface area contributed by atoms with Crippen molar-refractivity contribution < 1.29 is 4.79 Å². The Morgan fingerprint density at radius 1 is 1.20 bits per heavy atom. The minimum atomic E-state index is 0.0293. The molecule has 2 aromatic rings. The van der Waals surface area contributed by atoms with Gasteiger partial charge in [-0.15, -0.1) is 0 Å². The van der Waals surface area contributed by atoms with E-state index >= 15 is 0 Å². The SMILES string of the molecule is CCNC(=O)N1CCCN(c2nc(Cc3ccc(C)cc3)ns2)CC1. The van der Waals surface area contributed by atoms with Crippen LogP contribution in [-0.4, -0.2) is 53.0 Å². The summed E-state index contributed by atoms with van der Waals surface area (Å²) in [5.41, 5.74) is 2.49. The van der Waals surface area contributed by atoms with Crippen LogP contribution >= 0.6 is 11.5 Å². The molecular weight excluding hydrogens is 334 g/mol. The van der Waals surface area contributed by atoms with Crippen LogP contribution in [-0.2, 0) is 6.42 Å². The van der Waals surface area contributed by atoms with Gasteiger partial charge in [-0.2, -0.15) is 4.37 Å². The summed E-state index contributed by atoms with van der Waals surface area (Å²) >= 11 is 1.45. The summed E-state index contributed by atoms with van der Waals surface area (Å²) in [5, 5.41) is 3.83. The highest BCUT2D eigenvalue weighted by atomic mass is 32.1. The Labute approximate surface area is 153 Å². The zero-order chi connectivity index (χ0) is 17.6. The van der Waals surface area contributed by atoms with Gasteiger partial charge in [-0.3, -0.25) is 0 Å². The second kappa shape index (κ2) is 8.29. The van der Waals surface area contributed by atoms with Crippen molar-refractivity contribution in [3.05, 3.63) is 41.2 Å². The van der Waals surface area contributed by atoms with Crippen LogP contribution in [0.1, 0.15) is 30.3 Å². The van der Waals surface area contributed by atoms with Gasteiger partial charge < -0.3 is 15.1 Å². The van der Waals surface area contributed by atoms with E-state index in [4.69, 9.17) is 4.98 Å². The van der Waals surface area contributed by atoms with Gasteiger partial charge in [0.1, 0.15) is 5.82 Å². The van der Waals surface area contributed by atoms with Crippen molar-refractivity contribution in [1.82, 2.24) is 19.6 Å². The first-order valence-corrected chi connectivity index (χ1v) is 9.59. The van der Waals surface area contributed by atoms with E-state index < -0.39 is 0 Å². The third kappa shape index (κ3) is 4.69. The molecule has 3 rings (SSSR count). The molecule has 0 bridgehead atoms. The maximum atomic E-state index is 12.0. The largest absolute Gasteiger partial charge is 0.345 e. The van der Waals surface area contributed by atoms with E-state index in [9.17, 15) is 4.79 Å². The fourth-order valence-corrected chi connectivity index (χ4v) is 3.65. The van der Waals surface area contributed by atoms with E-state index in [0.29, 0.717) is 6.54 Å². The van der Waals surface area contributed by atoms with Crippen molar-refractivity contribution in [2.75, 3.05) is 37.6 Å². The van der Waals surface area contributed by atoms with Gasteiger partial charge in [0.05, 0.1) is 0 Å². The summed E-state index contributed by atoms with van der Waals surface area (Å²) in [5.74, 6) is 0.869. The molecule has 25 heavy (non-hydrogen) atoms. The molecule has 7 heteroatoms. The molecule has 0 atom stereocenters. The number of nitrogens with one attached hydrogen (secondary N) is 1. The quantitative estimate of drug-likeness (QED) is 0.912. The molecule has 0 spiro atoms. The number of anilines is 1. The Morgan fingerprint density at radius 3 is 2.76 bits per heavy atom. The molecule has 2 heterocycles. The number of urea groups is 1. The molecule has 134 valence electrons. The van der Waals surface area contributed by atoms with Crippen LogP contribution in [0.4, 0.5) is 9.93 Å². The number of hydrogen-bond acceptors (Lipinski definition) is 5. The zero-order valence-electron chi connectivity index (χ0n) is 14.9. The molecule has 1 aromatic carbocycles. The molecule has 1 aliphatic heterocycles. The van der Waals surface area contributed by atoms with E-state index in [-0.39, 0.29) is 6.03 Å². The monoisotopic (exact) mass is 359 g/mol. The Hall–Kier alpha value is -2.15. The van der Waals surface area contributed by atoms with Gasteiger partial charge in [0, 0.05) is 50.7 Å². The molecule has 1 aliphatic rings. The summed E-state index contributed by atoms with van der Waals surface area (Å²) in [4.78, 5) is 20.8. The van der Waals surface area contributed by atoms with Crippen LogP contribution in [0.5, 0.6) is 0 Å². The van der Waals surface area contributed by atoms with Crippen LogP contribution in [0.15, 0.2) is 24.3 Å². The predicted octanol–water partition coefficient (Wildman–Crippen LogP) is 2.68. The molecule has 0 radical (unpaired) electrons. The molecular formula is C18H25N5OS. The standard InChI is InChI=1S/C18H25N5OS/c1-3-19-17(24)22-9-4-10-23(12-11-22)18-20-16(21-25-18)13-15-7-5-14(2)6-8-15/h5-8H,3-4,9-13H2,1-2H3,(H,19,24). The molecule has 2 amide bonds. The molecule has 1 saturated heterocycles. The van der Waals surface area contributed by atoms with E-state index in [1.165, 1.54) is 22.7 Å². The summed E-state index contributed by atoms with van der Waals surface area (Å²) in [7, 11) is 0. The van der Waals surface area contributed by atoms with Gasteiger partial charge in [-0.05, 0) is 25.8 Å². The first-order chi connectivity index (χ1) is 12.2. The zero-order valence-corrected chi connectivity index (χ0v) is 15.7. The van der Waals surface area contributed by atoms with Gasteiger partial charge in [0.25, 0.3) is 0 Å². The second-order valence-corrected chi connectivity index (χ2v) is 7.05. The summed E-state index contributed by atoms with van der Waals surface area (Å²) < 4.78 is 4.52. The number of aryl methyl sites for hydroxylation is 1. The van der Waals surface area contributed by atoms with Gasteiger partial charge in [0.15, 0.2) is 0 Å². The maximum absolute atomic E-state index is 12.0. The van der Waals surface area contributed by atoms with E-state index in [1.807, 2.05) is 11.8 Å². The Bertz CT molecular complexity index is 700. The molecule has 1 fully saturated rings. The fourth-order valence-electron chi connectivity index (χ4n) is 2.91. The third-order valence-electron chi connectivity index (χ3n) is 4.32. The fraction of sp³-hybridized carbons (Fsp3) is 0.500. The first-order valence-electron chi connectivity index (χ1n) is 8.81. The normalized spacial score (nSPS) is 15.1. The highest BCUT2D eigenvalue weighted by Crippen LogP contribution is 2.20. The van der Waals surface area contributed by atoms with E-state index in [0.717, 1.165) is 50.0 Å². The number of carbonyl (C=O) groups excluding carboxylic acids is 1. The lowest BCUT2D eigenvalue weighted by Gasteiger charge is -2.21. The van der Waals surface area contributed by atoms with Crippen molar-refractivity contribution >= 4 is 22.7 Å². The smallest absolute Gasteiger partial charge is 0.317 e. The Kier molecular flexibility index (Phi) is 5.86. The number of aromatic nitrogens is 2. The third-order valence-corrected chi connectivity index (χ3v) is 5.14. The van der Waals surface area contributed by atoms with Crippen molar-refractivity contribution in [2.24, 2.45) is 0 Å². The highest BCUT2D eigenvalue weighted by molar-refractivity contribution is 7.09. The minimum Gasteiger partial charge on any atom is -0.345 e. The highest BCUT2D eigenvalue weighted by Gasteiger charge is 2.20. The topological polar surface area (TPSA) is 61.4 Å². The van der Waals surface area contributed by atoms with Crippen molar-refractivity contribution in [1.29, 1.82) is 0 Å². The number of carbonyl (C=O) groups is 1. The second-order valence-electron chi connectivity index (χ2n) is 6.32. The lowest BCUT2D eigenvalue weighted by atomic mass is 10.1. The number of nitrogens with zero attached hydrogens (tertiary/aromatic N) is 4. The van der Waals surface area contributed by atoms with Gasteiger partial charge in [-0.1, -0.05) is 29.8 Å². The van der Waals surface area contributed by atoms with Crippen molar-refractivity contribution in [2.45, 2.75) is 26.7 Å². The van der Waals surface area contributed by atoms with Gasteiger partial charge in [0.2, 0.25) is 5.13 Å². The molecule has 6 nitrogen and oxygen atoms in total. The molecule has 1 aromatic heterocycles. The number of benzene rings is 1. The van der Waals surface area contributed by atoms with E-state index in [1.54, 1.807) is 0 Å². The Morgan fingerprint density at radius 2 is 2.00 bits per heavy atom. The predicted molar refractivity (Wildman–Crippen MR) is 101 cm³/mol. The number of hydrogen-bond donors (Lipinski definition) is 1. The maximum Gasteiger partial charge on any atom is 0.317 e. The molecule has 0 unspecified atom stereocenters. The van der Waals surface area contributed by atoms with Crippen LogP contribution in [0.25, 0.3) is 0 Å². The van der Waals surface area contributed by atoms with Crippen LogP contribution < -0.4 is 10.2 Å². The lowest BCUT2D eigenvalue weighted by molar-refractivity contribution is 0.202. The minimum absolute atomic E-state index is 0.0293. The lowest BCUT2D eigenvalue weighted by Crippen LogP contribution is -2.41. The number of rotatable bonds is 4. The summed E-state index contributed by atoms with van der Waals surface area (Å²) in [6, 6.07) is 8.53. The van der Waals surface area contributed by atoms with Crippen molar-refractivity contribution in [3.63, 3.8) is 0 Å². The molecule has 0 saturated carbocycles. The summed E-state index contributed by atoms with van der Waals surface area (Å²) in [6.45, 7) is 7.92. The van der Waals surface area contributed by atoms with Gasteiger partial charge >= 0.3 is 6.03 Å². The van der Waals surface area contributed by atoms with Gasteiger partial charge in [-0.25, -0.2) is 9.78 Å². The average Bonchev–Trinajstić information content (AvgIpc) is 2.92. The van der Waals surface area contributed by atoms with E-state index in [2.05, 4.69) is 45.8 Å². The van der Waals surface area contributed by atoms with Crippen LogP contribution in [0.2, 0.25) is 0 Å². The Balaban J connectivity index is 1.60. The average molecular weight is 359 g/mol. The molecule has 0 aliphatic carbocycles. The molecule has 1 N–H and O–H groups in total. The van der Waals surface area contributed by atoms with Crippen LogP contribution in [0, 0.1) is 6.92 Å².